The van der Waals surface area contributed by atoms with Gasteiger partial charge in [-0.05, 0) is 77.3 Å². The molecule has 3 rings (SSSR count). The van der Waals surface area contributed by atoms with Gasteiger partial charge in [0.2, 0.25) is 0 Å². The minimum Gasteiger partial charge on any atom is -0.309 e. The zero-order chi connectivity index (χ0) is 22.3. The first kappa shape index (κ1) is 22.4. The van der Waals surface area contributed by atoms with E-state index in [0.29, 0.717) is 0 Å². The number of rotatable bonds is 3. The molecule has 1 nitrogen and oxygen atoms in total. The van der Waals surface area contributed by atoms with Crippen molar-refractivity contribution in [3.63, 3.8) is 0 Å². The summed E-state index contributed by atoms with van der Waals surface area (Å²) in [6.45, 7) is 17.6. The van der Waals surface area contributed by atoms with E-state index in [4.69, 9.17) is 11.6 Å². The Hall–Kier alpha value is -2.25. The van der Waals surface area contributed by atoms with Crippen LogP contribution < -0.4 is 4.90 Å². The van der Waals surface area contributed by atoms with Crippen LogP contribution >= 0.6 is 11.6 Å². The summed E-state index contributed by atoms with van der Waals surface area (Å²) in [5, 5.41) is 0.792. The van der Waals surface area contributed by atoms with Crippen LogP contribution in [-0.2, 0) is 10.8 Å². The topological polar surface area (TPSA) is 3.24 Å². The van der Waals surface area contributed by atoms with Crippen LogP contribution in [0.5, 0.6) is 0 Å². The molecule has 0 amide bonds. The summed E-state index contributed by atoms with van der Waals surface area (Å²) in [4.78, 5) is 2.27. The fourth-order valence-electron chi connectivity index (χ4n) is 3.74. The Morgan fingerprint density at radius 1 is 0.633 bits per heavy atom. The number of aryl methyl sites for hydroxylation is 2. The molecule has 0 atom stereocenters. The monoisotopic (exact) mass is 419 g/mol. The largest absolute Gasteiger partial charge is 0.309 e. The molecule has 3 aromatic carbocycles. The summed E-state index contributed by atoms with van der Waals surface area (Å²) in [5.74, 6) is 0. The molecule has 0 aliphatic heterocycles. The van der Waals surface area contributed by atoms with Gasteiger partial charge in [-0.25, -0.2) is 0 Å². The summed E-state index contributed by atoms with van der Waals surface area (Å²) < 4.78 is 0. The van der Waals surface area contributed by atoms with Crippen LogP contribution in [0.2, 0.25) is 5.02 Å². The van der Waals surface area contributed by atoms with Gasteiger partial charge in [0.15, 0.2) is 0 Å². The van der Waals surface area contributed by atoms with Gasteiger partial charge >= 0.3 is 0 Å². The predicted molar refractivity (Wildman–Crippen MR) is 133 cm³/mol. The fraction of sp³-hybridized carbons (Fsp3) is 0.357. The van der Waals surface area contributed by atoms with Gasteiger partial charge in [0.25, 0.3) is 0 Å². The van der Waals surface area contributed by atoms with E-state index in [-0.39, 0.29) is 10.8 Å². The smallest absolute Gasteiger partial charge is 0.0676 e. The normalized spacial score (nSPS) is 12.2. The number of hydrogen-bond acceptors (Lipinski definition) is 1. The Kier molecular flexibility index (Phi) is 6.07. The fourth-order valence-corrected chi connectivity index (χ4v) is 3.93. The first-order valence-corrected chi connectivity index (χ1v) is 11.0. The maximum atomic E-state index is 6.83. The van der Waals surface area contributed by atoms with Gasteiger partial charge in [0.05, 0.1) is 10.7 Å². The number of hydrogen-bond donors (Lipinski definition) is 0. The molecule has 0 saturated heterocycles. The van der Waals surface area contributed by atoms with Crippen molar-refractivity contribution < 1.29 is 0 Å². The lowest BCUT2D eigenvalue weighted by atomic mass is 9.86. The number of benzene rings is 3. The Morgan fingerprint density at radius 3 is 1.40 bits per heavy atom. The van der Waals surface area contributed by atoms with Crippen molar-refractivity contribution in [2.45, 2.75) is 66.2 Å². The van der Waals surface area contributed by atoms with Crippen molar-refractivity contribution in [1.29, 1.82) is 0 Å². The van der Waals surface area contributed by atoms with Crippen molar-refractivity contribution in [2.75, 3.05) is 4.90 Å². The molecule has 30 heavy (non-hydrogen) atoms. The average Bonchev–Trinajstić information content (AvgIpc) is 2.65. The predicted octanol–water partition coefficient (Wildman–Crippen LogP) is 9.02. The molecule has 0 bridgehead atoms. The molecular formula is C28H34ClN. The molecule has 0 heterocycles. The Balaban J connectivity index is 2.17. The molecule has 0 unspecified atom stereocenters. The highest BCUT2D eigenvalue weighted by Gasteiger charge is 2.20. The zero-order valence-electron chi connectivity index (χ0n) is 19.6. The SMILES string of the molecule is Cc1cc(C)c(Cl)c(N(c2ccc(C(C)(C)C)cc2)c2ccc(C(C)(C)C)cc2)c1. The van der Waals surface area contributed by atoms with Crippen molar-refractivity contribution in [3.05, 3.63) is 87.9 Å². The minimum atomic E-state index is 0.120. The lowest BCUT2D eigenvalue weighted by molar-refractivity contribution is 0.590. The third kappa shape index (κ3) is 4.73. The van der Waals surface area contributed by atoms with Gasteiger partial charge in [-0.2, -0.15) is 0 Å². The van der Waals surface area contributed by atoms with Crippen molar-refractivity contribution in [1.82, 2.24) is 0 Å². The average molecular weight is 420 g/mol. The molecule has 2 heteroatoms. The Morgan fingerprint density at radius 2 is 1.03 bits per heavy atom. The van der Waals surface area contributed by atoms with Gasteiger partial charge in [-0.15, -0.1) is 0 Å². The summed E-state index contributed by atoms with van der Waals surface area (Å²) in [6, 6.07) is 22.0. The summed E-state index contributed by atoms with van der Waals surface area (Å²) >= 11 is 6.83. The second-order valence-electron chi connectivity index (χ2n) is 10.3. The highest BCUT2D eigenvalue weighted by molar-refractivity contribution is 6.34. The van der Waals surface area contributed by atoms with Crippen molar-refractivity contribution in [3.8, 4) is 0 Å². The van der Waals surface area contributed by atoms with Crippen LogP contribution in [0.25, 0.3) is 0 Å². The van der Waals surface area contributed by atoms with E-state index >= 15 is 0 Å². The first-order chi connectivity index (χ1) is 13.9. The lowest BCUT2D eigenvalue weighted by Gasteiger charge is -2.29. The molecule has 0 radical (unpaired) electrons. The van der Waals surface area contributed by atoms with Crippen molar-refractivity contribution in [2.24, 2.45) is 0 Å². The molecule has 0 aliphatic carbocycles. The summed E-state index contributed by atoms with van der Waals surface area (Å²) in [7, 11) is 0. The first-order valence-electron chi connectivity index (χ1n) is 10.7. The van der Waals surface area contributed by atoms with Crippen LogP contribution in [0, 0.1) is 13.8 Å². The molecule has 0 fully saturated rings. The van der Waals surface area contributed by atoms with E-state index in [9.17, 15) is 0 Å². The molecule has 0 spiro atoms. The molecule has 3 aromatic rings. The second-order valence-corrected chi connectivity index (χ2v) is 10.7. The van der Waals surface area contributed by atoms with E-state index in [1.165, 1.54) is 16.7 Å². The number of nitrogens with zero attached hydrogens (tertiary/aromatic N) is 1. The van der Waals surface area contributed by atoms with E-state index in [2.05, 4.69) is 121 Å². The molecule has 0 N–H and O–H groups in total. The summed E-state index contributed by atoms with van der Waals surface area (Å²) in [5.41, 5.74) is 8.41. The summed E-state index contributed by atoms with van der Waals surface area (Å²) in [6.07, 6.45) is 0. The van der Waals surface area contributed by atoms with E-state index in [1.54, 1.807) is 0 Å². The third-order valence-corrected chi connectivity index (χ3v) is 6.10. The molecular weight excluding hydrogens is 386 g/mol. The van der Waals surface area contributed by atoms with Crippen LogP contribution in [-0.4, -0.2) is 0 Å². The quantitative estimate of drug-likeness (QED) is 0.409. The standard InChI is InChI=1S/C28H34ClN/c1-19-17-20(2)26(29)25(18-19)30(23-13-9-21(10-14-23)27(3,4)5)24-15-11-22(12-16-24)28(6,7)8/h9-18H,1-8H3. The maximum absolute atomic E-state index is 6.83. The molecule has 0 saturated carbocycles. The van der Waals surface area contributed by atoms with Gasteiger partial charge in [0, 0.05) is 11.4 Å². The van der Waals surface area contributed by atoms with Gasteiger partial charge in [-0.3, -0.25) is 0 Å². The van der Waals surface area contributed by atoms with Crippen LogP contribution in [0.1, 0.15) is 63.8 Å². The number of halogens is 1. The van der Waals surface area contributed by atoms with E-state index < -0.39 is 0 Å². The minimum absolute atomic E-state index is 0.120. The van der Waals surface area contributed by atoms with Gasteiger partial charge in [0.1, 0.15) is 0 Å². The Labute approximate surface area is 187 Å². The zero-order valence-corrected chi connectivity index (χ0v) is 20.4. The van der Waals surface area contributed by atoms with Crippen LogP contribution in [0.3, 0.4) is 0 Å². The van der Waals surface area contributed by atoms with Crippen LogP contribution in [0.15, 0.2) is 60.7 Å². The molecule has 0 aromatic heterocycles. The van der Waals surface area contributed by atoms with E-state index in [1.807, 2.05) is 0 Å². The van der Waals surface area contributed by atoms with Gasteiger partial charge in [-0.1, -0.05) is 83.5 Å². The highest BCUT2D eigenvalue weighted by atomic mass is 35.5. The van der Waals surface area contributed by atoms with Crippen molar-refractivity contribution >= 4 is 28.7 Å². The van der Waals surface area contributed by atoms with Crippen LogP contribution in [0.4, 0.5) is 17.1 Å². The Bertz CT molecular complexity index is 959. The maximum Gasteiger partial charge on any atom is 0.0676 e. The highest BCUT2D eigenvalue weighted by Crippen LogP contribution is 2.41. The number of anilines is 3. The van der Waals surface area contributed by atoms with E-state index in [0.717, 1.165) is 27.6 Å². The molecule has 158 valence electrons. The molecule has 0 aliphatic rings. The third-order valence-electron chi connectivity index (χ3n) is 5.60. The lowest BCUT2D eigenvalue weighted by Crippen LogP contribution is -2.15. The van der Waals surface area contributed by atoms with Gasteiger partial charge < -0.3 is 4.90 Å². The second kappa shape index (κ2) is 8.12.